The Labute approximate surface area is 142 Å². The van der Waals surface area contributed by atoms with Crippen molar-refractivity contribution in [2.75, 3.05) is 13.2 Å². The van der Waals surface area contributed by atoms with E-state index in [0.717, 1.165) is 12.6 Å². The van der Waals surface area contributed by atoms with Gasteiger partial charge in [0, 0.05) is 14.6 Å². The molecular formula is C13H29CaNO2Si. The van der Waals surface area contributed by atoms with Crippen LogP contribution in [0.1, 0.15) is 32.1 Å². The minimum absolute atomic E-state index is 0. The first-order chi connectivity index (χ1) is 7.97. The molecule has 0 bridgehead atoms. The van der Waals surface area contributed by atoms with E-state index in [1.807, 2.05) is 0 Å². The third-order valence-electron chi connectivity index (χ3n) is 3.35. The van der Waals surface area contributed by atoms with Crippen LogP contribution in [-0.4, -0.2) is 65.1 Å². The standard InChI is InChI=1S/C13H27NO2Si.Ca.2H/c1-17(2,3)10-9-16-13(15)14-11-12-7-5-4-6-8-12;;;/h12H,4-11H2,1-3H3,(H,14,15);;;. The molecule has 1 aliphatic rings. The monoisotopic (exact) mass is 299 g/mol. The van der Waals surface area contributed by atoms with Crippen molar-refractivity contribution in [2.45, 2.75) is 57.8 Å². The van der Waals surface area contributed by atoms with Crippen LogP contribution in [0.4, 0.5) is 4.79 Å². The van der Waals surface area contributed by atoms with E-state index in [1.165, 1.54) is 32.1 Å². The maximum atomic E-state index is 11.5. The van der Waals surface area contributed by atoms with Gasteiger partial charge < -0.3 is 10.1 Å². The van der Waals surface area contributed by atoms with Gasteiger partial charge in [-0.1, -0.05) is 38.9 Å². The van der Waals surface area contributed by atoms with Gasteiger partial charge >= 0.3 is 43.8 Å². The number of carbonyl (C=O) groups excluding carboxylic acids is 1. The molecule has 0 aromatic heterocycles. The molecule has 0 aromatic rings. The zero-order valence-electron chi connectivity index (χ0n) is 11.6. The summed E-state index contributed by atoms with van der Waals surface area (Å²) < 4.78 is 5.19. The van der Waals surface area contributed by atoms with Crippen molar-refractivity contribution in [3.05, 3.63) is 0 Å². The van der Waals surface area contributed by atoms with Gasteiger partial charge in [-0.25, -0.2) is 4.79 Å². The first-order valence-corrected chi connectivity index (χ1v) is 10.6. The number of alkyl carbamates (subject to hydrolysis) is 1. The van der Waals surface area contributed by atoms with Crippen molar-refractivity contribution in [3.8, 4) is 0 Å². The van der Waals surface area contributed by atoms with Crippen molar-refractivity contribution < 1.29 is 9.53 Å². The summed E-state index contributed by atoms with van der Waals surface area (Å²) in [5, 5.41) is 2.89. The van der Waals surface area contributed by atoms with E-state index in [0.29, 0.717) is 12.5 Å². The molecule has 1 rings (SSSR count). The molecule has 0 spiro atoms. The van der Waals surface area contributed by atoms with Crippen molar-refractivity contribution in [3.63, 3.8) is 0 Å². The third-order valence-corrected chi connectivity index (χ3v) is 5.05. The average Bonchev–Trinajstić information content (AvgIpc) is 2.26. The number of ether oxygens (including phenoxy) is 1. The number of hydrogen-bond acceptors (Lipinski definition) is 2. The van der Waals surface area contributed by atoms with Gasteiger partial charge in [-0.15, -0.1) is 0 Å². The van der Waals surface area contributed by atoms with Gasteiger partial charge in [0.2, 0.25) is 0 Å². The average molecular weight is 300 g/mol. The molecule has 1 saturated carbocycles. The molecule has 5 heteroatoms. The number of hydrogen-bond donors (Lipinski definition) is 1. The second-order valence-electron chi connectivity index (χ2n) is 6.33. The van der Waals surface area contributed by atoms with Crippen LogP contribution >= 0.6 is 0 Å². The fourth-order valence-electron chi connectivity index (χ4n) is 2.12. The minimum atomic E-state index is -1.08. The Bertz CT molecular complexity index is 238. The summed E-state index contributed by atoms with van der Waals surface area (Å²) in [6.45, 7) is 8.24. The number of carbonyl (C=O) groups is 1. The van der Waals surface area contributed by atoms with Crippen molar-refractivity contribution >= 4 is 51.9 Å². The number of amides is 1. The molecule has 18 heavy (non-hydrogen) atoms. The van der Waals surface area contributed by atoms with Gasteiger partial charge in [0.25, 0.3) is 0 Å². The van der Waals surface area contributed by atoms with E-state index in [2.05, 4.69) is 25.0 Å². The quantitative estimate of drug-likeness (QED) is 0.793. The molecule has 0 heterocycles. The Morgan fingerprint density at radius 1 is 1.22 bits per heavy atom. The van der Waals surface area contributed by atoms with Gasteiger partial charge in [-0.05, 0) is 24.8 Å². The van der Waals surface area contributed by atoms with Crippen molar-refractivity contribution in [1.29, 1.82) is 0 Å². The molecule has 1 aliphatic carbocycles. The molecule has 0 aromatic carbocycles. The van der Waals surface area contributed by atoms with E-state index in [1.54, 1.807) is 0 Å². The summed E-state index contributed by atoms with van der Waals surface area (Å²) in [4.78, 5) is 11.5. The SMILES string of the molecule is C[Si](C)(C)CCOC(=O)NCC1CCCCC1.[CaH2]. The zero-order valence-corrected chi connectivity index (χ0v) is 12.6. The van der Waals surface area contributed by atoms with Crippen LogP contribution in [0, 0.1) is 5.92 Å². The van der Waals surface area contributed by atoms with E-state index in [-0.39, 0.29) is 43.8 Å². The summed E-state index contributed by atoms with van der Waals surface area (Å²) in [5.74, 6) is 0.674. The Hall–Kier alpha value is 0.747. The van der Waals surface area contributed by atoms with E-state index < -0.39 is 8.07 Å². The molecule has 1 N–H and O–H groups in total. The second kappa shape index (κ2) is 9.62. The predicted molar refractivity (Wildman–Crippen MR) is 82.6 cm³/mol. The van der Waals surface area contributed by atoms with Crippen LogP contribution in [0.2, 0.25) is 25.7 Å². The van der Waals surface area contributed by atoms with E-state index >= 15 is 0 Å². The summed E-state index contributed by atoms with van der Waals surface area (Å²) in [6, 6.07) is 1.05. The van der Waals surface area contributed by atoms with Gasteiger partial charge in [-0.2, -0.15) is 0 Å². The Balaban J connectivity index is 0.00000289. The maximum absolute atomic E-state index is 11.5. The molecule has 0 radical (unpaired) electrons. The van der Waals surface area contributed by atoms with Crippen LogP contribution in [0.25, 0.3) is 0 Å². The molecule has 1 amide bonds. The van der Waals surface area contributed by atoms with Crippen LogP contribution in [0.3, 0.4) is 0 Å². The summed E-state index contributed by atoms with van der Waals surface area (Å²) >= 11 is 0. The number of nitrogens with one attached hydrogen (secondary N) is 1. The molecule has 0 atom stereocenters. The molecule has 1 fully saturated rings. The molecule has 0 aliphatic heterocycles. The fourth-order valence-corrected chi connectivity index (χ4v) is 2.83. The first kappa shape index (κ1) is 18.7. The van der Waals surface area contributed by atoms with Crippen LogP contribution < -0.4 is 5.32 Å². The summed E-state index contributed by atoms with van der Waals surface area (Å²) in [7, 11) is -1.08. The van der Waals surface area contributed by atoms with E-state index in [9.17, 15) is 4.79 Å². The second-order valence-corrected chi connectivity index (χ2v) is 12.0. The normalized spacial score (nSPS) is 16.8. The molecule has 3 nitrogen and oxygen atoms in total. The van der Waals surface area contributed by atoms with Gasteiger partial charge in [-0.3, -0.25) is 0 Å². The third kappa shape index (κ3) is 9.65. The summed E-state index contributed by atoms with van der Waals surface area (Å²) in [5.41, 5.74) is 0. The molecular weight excluding hydrogens is 270 g/mol. The Kier molecular flexibility index (Phi) is 10.0. The van der Waals surface area contributed by atoms with Crippen molar-refractivity contribution in [2.24, 2.45) is 5.92 Å². The topological polar surface area (TPSA) is 38.3 Å². The molecule has 0 unspecified atom stereocenters. The predicted octanol–water partition coefficient (Wildman–Crippen LogP) is 2.71. The van der Waals surface area contributed by atoms with Crippen LogP contribution in [0.15, 0.2) is 0 Å². The van der Waals surface area contributed by atoms with Gasteiger partial charge in [0.05, 0.1) is 6.61 Å². The summed E-state index contributed by atoms with van der Waals surface area (Å²) in [6.07, 6.45) is 6.28. The fraction of sp³-hybridized carbons (Fsp3) is 0.923. The van der Waals surface area contributed by atoms with Gasteiger partial charge in [0.1, 0.15) is 0 Å². The van der Waals surface area contributed by atoms with Crippen LogP contribution in [0.5, 0.6) is 0 Å². The molecule has 104 valence electrons. The van der Waals surface area contributed by atoms with Gasteiger partial charge in [0.15, 0.2) is 0 Å². The zero-order chi connectivity index (χ0) is 12.7. The number of rotatable bonds is 5. The molecule has 0 saturated heterocycles. The first-order valence-electron chi connectivity index (χ1n) is 6.88. The van der Waals surface area contributed by atoms with Crippen LogP contribution in [-0.2, 0) is 4.74 Å². The van der Waals surface area contributed by atoms with E-state index in [4.69, 9.17) is 4.74 Å². The Morgan fingerprint density at radius 3 is 2.39 bits per heavy atom. The van der Waals surface area contributed by atoms with Crippen molar-refractivity contribution in [1.82, 2.24) is 5.32 Å². The Morgan fingerprint density at radius 2 is 1.83 bits per heavy atom.